The first-order chi connectivity index (χ1) is 17.0. The van der Waals surface area contributed by atoms with Crippen LogP contribution in [-0.2, 0) is 0 Å². The quantitative estimate of drug-likeness (QED) is 0.364. The van der Waals surface area contributed by atoms with E-state index in [4.69, 9.17) is 21.8 Å². The number of rotatable bonds is 3. The number of nitrogen functional groups attached to an aromatic ring is 1. The average Bonchev–Trinajstić information content (AvgIpc) is 3.39. The maximum atomic E-state index is 13.3. The Labute approximate surface area is 210 Å². The number of anilines is 2. The highest BCUT2D eigenvalue weighted by atomic mass is 35.5. The molecule has 13 heteroatoms. The molecule has 36 heavy (non-hydrogen) atoms. The molecular formula is C23H25ClN8O4. The average molecular weight is 513 g/mol. The number of piperidine rings is 1. The first-order valence-corrected chi connectivity index (χ1v) is 11.8. The molecule has 1 aliphatic heterocycles. The largest absolute Gasteiger partial charge is 0.465 e. The fraction of sp³-hybridized carbons (Fsp3) is 0.391. The summed E-state index contributed by atoms with van der Waals surface area (Å²) in [6.07, 6.45) is 1.59. The summed E-state index contributed by atoms with van der Waals surface area (Å²) in [4.78, 5) is 39.5. The minimum Gasteiger partial charge on any atom is -0.465 e. The lowest BCUT2D eigenvalue weighted by molar-refractivity contribution is 0.0247. The number of nitrogens with zero attached hydrogens (tertiary/aromatic N) is 6. The van der Waals surface area contributed by atoms with Crippen LogP contribution in [0.1, 0.15) is 50.1 Å². The maximum absolute atomic E-state index is 13.3. The predicted molar refractivity (Wildman–Crippen MR) is 133 cm³/mol. The number of fused-ring (bicyclic) bond motifs is 2. The number of hydrogen-bond donors (Lipinski definition) is 3. The lowest BCUT2D eigenvalue weighted by atomic mass is 9.77. The summed E-state index contributed by atoms with van der Waals surface area (Å²) in [5.74, 6) is -0.532. The molecule has 5 rings (SSSR count). The lowest BCUT2D eigenvalue weighted by Crippen LogP contribution is -2.54. The molecule has 1 fully saturated rings. The van der Waals surface area contributed by atoms with E-state index in [0.717, 1.165) is 0 Å². The molecule has 0 spiro atoms. The number of nitrogens with two attached hydrogens (primary N) is 1. The number of carbonyl (C=O) groups excluding carboxylic acids is 1. The van der Waals surface area contributed by atoms with Crippen molar-refractivity contribution in [3.8, 4) is 0 Å². The maximum Gasteiger partial charge on any atom is 0.407 e. The summed E-state index contributed by atoms with van der Waals surface area (Å²) in [6.45, 7) is 6.36. The summed E-state index contributed by atoms with van der Waals surface area (Å²) in [5.41, 5.74) is 7.03. The van der Waals surface area contributed by atoms with E-state index in [1.807, 2.05) is 20.8 Å². The molecular weight excluding hydrogens is 488 g/mol. The second-order valence-corrected chi connectivity index (χ2v) is 10.3. The Bertz CT molecular complexity index is 1490. The van der Waals surface area contributed by atoms with E-state index >= 15 is 0 Å². The van der Waals surface area contributed by atoms with Gasteiger partial charge in [-0.1, -0.05) is 32.4 Å². The van der Waals surface area contributed by atoms with Gasteiger partial charge in [-0.25, -0.2) is 19.4 Å². The van der Waals surface area contributed by atoms with Crippen molar-refractivity contribution in [2.75, 3.05) is 17.6 Å². The van der Waals surface area contributed by atoms with Crippen molar-refractivity contribution in [2.45, 2.75) is 45.7 Å². The Morgan fingerprint density at radius 2 is 2.06 bits per heavy atom. The van der Waals surface area contributed by atoms with Crippen molar-refractivity contribution in [1.82, 2.24) is 29.6 Å². The molecule has 1 aliphatic rings. The number of halogens is 1. The third-order valence-corrected chi connectivity index (χ3v) is 6.58. The van der Waals surface area contributed by atoms with E-state index in [9.17, 15) is 14.7 Å². The van der Waals surface area contributed by atoms with Gasteiger partial charge in [-0.3, -0.25) is 10.1 Å². The van der Waals surface area contributed by atoms with Crippen LogP contribution in [-0.4, -0.2) is 59.3 Å². The van der Waals surface area contributed by atoms with E-state index in [1.54, 1.807) is 22.9 Å². The van der Waals surface area contributed by atoms with Gasteiger partial charge < -0.3 is 20.2 Å². The molecule has 4 aromatic rings. The van der Waals surface area contributed by atoms with Crippen LogP contribution in [0.3, 0.4) is 0 Å². The SMILES string of the molecule is CC(C)(C)[C@@H]1C(n2nc(C(=O)Nc3nc4cc(Cl)ccc4o3)c3c(N)ncnc32)CCCN1C(=O)O. The molecule has 0 saturated carbocycles. The summed E-state index contributed by atoms with van der Waals surface area (Å²) in [7, 11) is 0. The number of amides is 2. The van der Waals surface area contributed by atoms with Crippen molar-refractivity contribution >= 4 is 57.6 Å². The van der Waals surface area contributed by atoms with Gasteiger partial charge >= 0.3 is 12.1 Å². The minimum absolute atomic E-state index is 0.0107. The molecule has 0 radical (unpaired) electrons. The van der Waals surface area contributed by atoms with E-state index in [-0.39, 0.29) is 29.0 Å². The summed E-state index contributed by atoms with van der Waals surface area (Å²) in [5, 5.41) is 17.9. The third-order valence-electron chi connectivity index (χ3n) is 6.35. The zero-order chi connectivity index (χ0) is 25.8. The van der Waals surface area contributed by atoms with Crippen LogP contribution < -0.4 is 11.1 Å². The molecule has 3 aromatic heterocycles. The minimum atomic E-state index is -1.00. The standard InChI is InChI=1S/C23H25ClN8O4/c1-23(2,3)17-13(5-4-8-31(17)22(34)35)32-19-15(18(25)26-10-27-19)16(30-32)20(33)29-21-28-12-9-11(24)6-7-14(12)36-21/h6-7,9-10,13,17H,4-5,8H2,1-3H3,(H,34,35)(H2,25,26,27)(H,28,29,33)/t13?,17-/m0/s1. The molecule has 1 unspecified atom stereocenters. The smallest absolute Gasteiger partial charge is 0.407 e. The van der Waals surface area contributed by atoms with Crippen LogP contribution in [0.25, 0.3) is 22.1 Å². The normalized spacial score (nSPS) is 18.6. The van der Waals surface area contributed by atoms with E-state index in [1.165, 1.54) is 11.2 Å². The zero-order valence-electron chi connectivity index (χ0n) is 19.9. The topological polar surface area (TPSA) is 165 Å². The molecule has 2 amide bonds. The fourth-order valence-corrected chi connectivity index (χ4v) is 5.15. The number of oxazole rings is 1. The molecule has 2 atom stereocenters. The van der Waals surface area contributed by atoms with E-state index in [2.05, 4.69) is 25.4 Å². The molecule has 1 aromatic carbocycles. The first kappa shape index (κ1) is 23.8. The van der Waals surface area contributed by atoms with E-state index in [0.29, 0.717) is 41.2 Å². The number of carboxylic acid groups (broad SMARTS) is 1. The Hall–Kier alpha value is -3.93. The fourth-order valence-electron chi connectivity index (χ4n) is 4.99. The molecule has 188 valence electrons. The Morgan fingerprint density at radius 3 is 2.78 bits per heavy atom. The van der Waals surface area contributed by atoms with Crippen LogP contribution in [0.2, 0.25) is 5.02 Å². The van der Waals surface area contributed by atoms with E-state index < -0.39 is 23.5 Å². The Morgan fingerprint density at radius 1 is 1.28 bits per heavy atom. The summed E-state index contributed by atoms with van der Waals surface area (Å²) < 4.78 is 7.22. The number of likely N-dealkylation sites (tertiary alicyclic amines) is 1. The van der Waals surface area contributed by atoms with Gasteiger partial charge in [-0.15, -0.1) is 0 Å². The van der Waals surface area contributed by atoms with Crippen molar-refractivity contribution in [1.29, 1.82) is 0 Å². The molecule has 0 bridgehead atoms. The molecule has 1 saturated heterocycles. The van der Waals surface area contributed by atoms with Crippen LogP contribution in [0.15, 0.2) is 28.9 Å². The highest BCUT2D eigenvalue weighted by Crippen LogP contribution is 2.40. The van der Waals surface area contributed by atoms with Gasteiger partial charge in [-0.2, -0.15) is 10.1 Å². The Balaban J connectivity index is 1.58. The monoisotopic (exact) mass is 512 g/mol. The van der Waals surface area contributed by atoms with Gasteiger partial charge in [0.25, 0.3) is 5.91 Å². The molecule has 12 nitrogen and oxygen atoms in total. The van der Waals surface area contributed by atoms with Crippen LogP contribution in [0.5, 0.6) is 0 Å². The second kappa shape index (κ2) is 8.63. The number of carbonyl (C=O) groups is 2. The van der Waals surface area contributed by atoms with Crippen LogP contribution in [0, 0.1) is 5.41 Å². The molecule has 0 aliphatic carbocycles. The molecule has 4 heterocycles. The van der Waals surface area contributed by atoms with Crippen molar-refractivity contribution in [3.05, 3.63) is 35.2 Å². The van der Waals surface area contributed by atoms with Crippen molar-refractivity contribution in [3.63, 3.8) is 0 Å². The van der Waals surface area contributed by atoms with Gasteiger partial charge in [0.15, 0.2) is 16.9 Å². The van der Waals surface area contributed by atoms with Crippen molar-refractivity contribution in [2.24, 2.45) is 5.41 Å². The third kappa shape index (κ3) is 4.06. The number of nitrogens with one attached hydrogen (secondary N) is 1. The number of hydrogen-bond acceptors (Lipinski definition) is 8. The van der Waals surface area contributed by atoms with Gasteiger partial charge in [0.05, 0.1) is 17.5 Å². The highest BCUT2D eigenvalue weighted by Gasteiger charge is 2.44. The second-order valence-electron chi connectivity index (χ2n) is 9.83. The number of benzene rings is 1. The number of aromatic nitrogens is 5. The van der Waals surface area contributed by atoms with Crippen LogP contribution in [0.4, 0.5) is 16.6 Å². The Kier molecular flexibility index (Phi) is 5.70. The summed E-state index contributed by atoms with van der Waals surface area (Å²) in [6, 6.07) is 4.11. The lowest BCUT2D eigenvalue weighted by Gasteiger charge is -2.46. The van der Waals surface area contributed by atoms with Crippen LogP contribution >= 0.6 is 11.6 Å². The molecule has 4 N–H and O–H groups in total. The van der Waals surface area contributed by atoms with Gasteiger partial charge in [0, 0.05) is 11.6 Å². The van der Waals surface area contributed by atoms with Gasteiger partial charge in [0.2, 0.25) is 0 Å². The summed E-state index contributed by atoms with van der Waals surface area (Å²) >= 11 is 6.01. The first-order valence-electron chi connectivity index (χ1n) is 11.4. The van der Waals surface area contributed by atoms with Gasteiger partial charge in [-0.05, 0) is 36.5 Å². The zero-order valence-corrected chi connectivity index (χ0v) is 20.7. The van der Waals surface area contributed by atoms with Crippen molar-refractivity contribution < 1.29 is 19.1 Å². The van der Waals surface area contributed by atoms with Gasteiger partial charge in [0.1, 0.15) is 17.7 Å². The predicted octanol–water partition coefficient (Wildman–Crippen LogP) is 4.19. The highest BCUT2D eigenvalue weighted by molar-refractivity contribution is 6.31.